The number of allylic oxidation sites excluding steroid dienone is 10. The highest BCUT2D eigenvalue weighted by molar-refractivity contribution is 5.88. The molecule has 234 valence electrons. The van der Waals surface area contributed by atoms with Gasteiger partial charge in [0, 0.05) is 5.92 Å². The predicted octanol–water partition coefficient (Wildman–Crippen LogP) is 13.0. The molecule has 2 aliphatic rings. The second-order valence-electron chi connectivity index (χ2n) is 13.0. The van der Waals surface area contributed by atoms with Crippen LogP contribution in [0.2, 0.25) is 0 Å². The van der Waals surface area contributed by atoms with Crippen LogP contribution in [0.1, 0.15) is 54.9 Å². The molecule has 0 saturated carbocycles. The molecule has 0 radical (unpaired) electrons. The number of hydrogen-bond acceptors (Lipinski definition) is 0. The number of rotatable bonds is 9. The highest BCUT2D eigenvalue weighted by atomic mass is 14.5. The smallest absolute Gasteiger partial charge is 0.0634 e. The van der Waals surface area contributed by atoms with Crippen LogP contribution in [0.25, 0.3) is 33.4 Å². The fraction of sp³-hybridized carbons (Fsp3) is 0.125. The fourth-order valence-electron chi connectivity index (χ4n) is 8.13. The van der Waals surface area contributed by atoms with Gasteiger partial charge in [0.05, 0.1) is 5.41 Å². The van der Waals surface area contributed by atoms with Crippen molar-refractivity contribution in [1.29, 1.82) is 0 Å². The zero-order chi connectivity index (χ0) is 33.1. The number of fused-ring (bicyclic) bond motifs is 3. The molecule has 0 spiro atoms. The quantitative estimate of drug-likeness (QED) is 0.144. The molecule has 5 aromatic carbocycles. The summed E-state index contributed by atoms with van der Waals surface area (Å²) < 4.78 is 0. The average molecular weight is 619 g/mol. The Morgan fingerprint density at radius 1 is 0.604 bits per heavy atom. The van der Waals surface area contributed by atoms with Gasteiger partial charge in [-0.1, -0.05) is 182 Å². The molecule has 0 heterocycles. The molecule has 0 saturated heterocycles. The molecule has 0 N–H and O–H groups in total. The summed E-state index contributed by atoms with van der Waals surface area (Å²) in [5.41, 5.74) is 16.3. The Balaban J connectivity index is 1.33. The summed E-state index contributed by atoms with van der Waals surface area (Å²) in [6, 6.07) is 45.0. The first-order chi connectivity index (χ1) is 23.6. The summed E-state index contributed by atoms with van der Waals surface area (Å²) in [5.74, 6) is 0.240. The van der Waals surface area contributed by atoms with Crippen LogP contribution in [-0.2, 0) is 5.41 Å². The Labute approximate surface area is 286 Å². The van der Waals surface area contributed by atoms with Crippen LogP contribution in [0.15, 0.2) is 194 Å². The van der Waals surface area contributed by atoms with Crippen molar-refractivity contribution in [2.75, 3.05) is 0 Å². The van der Waals surface area contributed by atoms with E-state index < -0.39 is 5.41 Å². The lowest BCUT2D eigenvalue weighted by Gasteiger charge is -2.35. The Morgan fingerprint density at radius 2 is 1.21 bits per heavy atom. The van der Waals surface area contributed by atoms with Gasteiger partial charge in [-0.05, 0) is 94.5 Å². The van der Waals surface area contributed by atoms with E-state index in [4.69, 9.17) is 0 Å². The van der Waals surface area contributed by atoms with Crippen molar-refractivity contribution in [2.45, 2.75) is 38.0 Å². The van der Waals surface area contributed by atoms with Crippen LogP contribution < -0.4 is 0 Å². The van der Waals surface area contributed by atoms with Crippen LogP contribution in [0, 0.1) is 0 Å². The molecule has 1 unspecified atom stereocenters. The number of benzene rings is 5. The molecule has 0 nitrogen and oxygen atoms in total. The van der Waals surface area contributed by atoms with Gasteiger partial charge in [-0.15, -0.1) is 0 Å². The molecule has 48 heavy (non-hydrogen) atoms. The maximum absolute atomic E-state index is 4.06. The summed E-state index contributed by atoms with van der Waals surface area (Å²) in [6.45, 7) is 12.6. The van der Waals surface area contributed by atoms with E-state index >= 15 is 0 Å². The molecule has 7 rings (SSSR count). The first-order valence-corrected chi connectivity index (χ1v) is 17.0. The summed E-state index contributed by atoms with van der Waals surface area (Å²) in [4.78, 5) is 0. The van der Waals surface area contributed by atoms with E-state index in [0.717, 1.165) is 12.8 Å². The first kappa shape index (κ1) is 31.2. The highest BCUT2D eigenvalue weighted by Crippen LogP contribution is 2.57. The van der Waals surface area contributed by atoms with E-state index in [0.29, 0.717) is 0 Å². The molecular formula is C48H42. The van der Waals surface area contributed by atoms with E-state index in [1.54, 1.807) is 0 Å². The molecule has 0 fully saturated rings. The summed E-state index contributed by atoms with van der Waals surface area (Å²) >= 11 is 0. The molecule has 0 aliphatic heterocycles. The van der Waals surface area contributed by atoms with Crippen LogP contribution >= 0.6 is 0 Å². The van der Waals surface area contributed by atoms with Gasteiger partial charge in [0.1, 0.15) is 0 Å². The van der Waals surface area contributed by atoms with Gasteiger partial charge in [0.15, 0.2) is 0 Å². The van der Waals surface area contributed by atoms with E-state index in [1.807, 2.05) is 12.2 Å². The van der Waals surface area contributed by atoms with Gasteiger partial charge in [0.2, 0.25) is 0 Å². The number of hydrogen-bond donors (Lipinski definition) is 0. The third-order valence-electron chi connectivity index (χ3n) is 10.3. The SMILES string of the molecule is C=C/C=C(/C)C1(/C(C)=C\C=C)c2ccccc2-c2ccc(-c3cccc(-c4cccc(C(C5=CC=CCC5)c5ccccc5)c4)c3)cc21. The molecule has 0 amide bonds. The largest absolute Gasteiger partial charge is 0.0991 e. The van der Waals surface area contributed by atoms with Crippen molar-refractivity contribution in [2.24, 2.45) is 0 Å². The Kier molecular flexibility index (Phi) is 8.66. The van der Waals surface area contributed by atoms with E-state index in [9.17, 15) is 0 Å². The highest BCUT2D eigenvalue weighted by Gasteiger charge is 2.45. The summed E-state index contributed by atoms with van der Waals surface area (Å²) in [7, 11) is 0. The fourth-order valence-corrected chi connectivity index (χ4v) is 8.13. The van der Waals surface area contributed by atoms with Crippen molar-refractivity contribution in [3.63, 3.8) is 0 Å². The van der Waals surface area contributed by atoms with Gasteiger partial charge in [-0.3, -0.25) is 0 Å². The van der Waals surface area contributed by atoms with Gasteiger partial charge in [0.25, 0.3) is 0 Å². The first-order valence-electron chi connectivity index (χ1n) is 17.0. The van der Waals surface area contributed by atoms with Crippen molar-refractivity contribution in [3.05, 3.63) is 216 Å². The minimum atomic E-state index is -0.397. The molecule has 1 atom stereocenters. The second kappa shape index (κ2) is 13.3. The maximum atomic E-state index is 4.06. The van der Waals surface area contributed by atoms with Gasteiger partial charge >= 0.3 is 0 Å². The van der Waals surface area contributed by atoms with Gasteiger partial charge < -0.3 is 0 Å². The molecule has 0 aromatic heterocycles. The lowest BCUT2D eigenvalue weighted by atomic mass is 9.67. The normalized spacial score (nSPS) is 17.7. The molecular weight excluding hydrogens is 577 g/mol. The standard InChI is InChI=1S/C48H42/c1-5-17-34(3)48(35(4)18-6-2)45-28-14-13-27-43(45)44-30-29-41(33-46(44)48)39-24-15-23-38(31-39)40-25-16-26-42(32-40)47(36-19-9-7-10-20-36)37-21-11-8-12-22-37/h5-11,13-21,23-33,47H,1-2,12,22H2,3-4H3/b34-17-,35-18-. The molecule has 5 aromatic rings. The molecule has 2 aliphatic carbocycles. The van der Waals surface area contributed by atoms with E-state index in [-0.39, 0.29) is 5.92 Å². The van der Waals surface area contributed by atoms with Crippen LogP contribution in [-0.4, -0.2) is 0 Å². The topological polar surface area (TPSA) is 0 Å². The maximum Gasteiger partial charge on any atom is 0.0634 e. The monoisotopic (exact) mass is 618 g/mol. The predicted molar refractivity (Wildman–Crippen MR) is 206 cm³/mol. The van der Waals surface area contributed by atoms with E-state index in [2.05, 4.69) is 179 Å². The Hall–Kier alpha value is -5.46. The van der Waals surface area contributed by atoms with E-state index in [1.165, 1.54) is 72.4 Å². The Morgan fingerprint density at radius 3 is 1.90 bits per heavy atom. The lowest BCUT2D eigenvalue weighted by molar-refractivity contribution is 0.726. The Bertz CT molecular complexity index is 2100. The van der Waals surface area contributed by atoms with Gasteiger partial charge in [-0.25, -0.2) is 0 Å². The van der Waals surface area contributed by atoms with Crippen LogP contribution in [0.3, 0.4) is 0 Å². The van der Waals surface area contributed by atoms with Crippen molar-refractivity contribution < 1.29 is 0 Å². The van der Waals surface area contributed by atoms with Crippen molar-refractivity contribution >= 4 is 0 Å². The summed E-state index contributed by atoms with van der Waals surface area (Å²) in [6.07, 6.45) is 17.1. The average Bonchev–Trinajstić information content (AvgIpc) is 3.44. The lowest BCUT2D eigenvalue weighted by Crippen LogP contribution is -2.28. The summed E-state index contributed by atoms with van der Waals surface area (Å²) in [5, 5.41) is 0. The molecule has 0 bridgehead atoms. The van der Waals surface area contributed by atoms with Crippen molar-refractivity contribution in [3.8, 4) is 33.4 Å². The minimum absolute atomic E-state index is 0.240. The zero-order valence-corrected chi connectivity index (χ0v) is 28.0. The minimum Gasteiger partial charge on any atom is -0.0991 e. The van der Waals surface area contributed by atoms with Crippen molar-refractivity contribution in [1.82, 2.24) is 0 Å². The third kappa shape index (κ3) is 5.38. The second-order valence-corrected chi connectivity index (χ2v) is 13.0. The van der Waals surface area contributed by atoms with Gasteiger partial charge in [-0.2, -0.15) is 0 Å². The van der Waals surface area contributed by atoms with Crippen LogP contribution in [0.4, 0.5) is 0 Å². The third-order valence-corrected chi connectivity index (χ3v) is 10.3. The molecule has 0 heteroatoms. The zero-order valence-electron chi connectivity index (χ0n) is 28.0. The van der Waals surface area contributed by atoms with Crippen LogP contribution in [0.5, 0.6) is 0 Å².